The van der Waals surface area contributed by atoms with Gasteiger partial charge >= 0.3 is 0 Å². The van der Waals surface area contributed by atoms with Crippen molar-refractivity contribution in [2.24, 2.45) is 5.92 Å². The van der Waals surface area contributed by atoms with Crippen LogP contribution in [-0.4, -0.2) is 23.7 Å². The molecular formula is C20H33NO2. The lowest BCUT2D eigenvalue weighted by Gasteiger charge is -2.28. The first-order valence-corrected chi connectivity index (χ1v) is 8.54. The number of ether oxygens (including phenoxy) is 1. The third-order valence-corrected chi connectivity index (χ3v) is 3.57. The number of carbonyl (C=O) groups is 1. The van der Waals surface area contributed by atoms with Crippen LogP contribution < -0.4 is 5.32 Å². The Balaban J connectivity index is 2.56. The van der Waals surface area contributed by atoms with Crippen molar-refractivity contribution in [3.63, 3.8) is 0 Å². The lowest BCUT2D eigenvalue weighted by atomic mass is 9.99. The normalized spacial score (nSPS) is 12.5. The van der Waals surface area contributed by atoms with Crippen molar-refractivity contribution in [1.29, 1.82) is 0 Å². The highest BCUT2D eigenvalue weighted by Crippen LogP contribution is 2.15. The molecule has 3 heteroatoms. The molecular weight excluding hydrogens is 286 g/mol. The van der Waals surface area contributed by atoms with Crippen LogP contribution in [0, 0.1) is 5.92 Å². The maximum atomic E-state index is 12.4. The van der Waals surface area contributed by atoms with E-state index >= 15 is 0 Å². The zero-order valence-electron chi connectivity index (χ0n) is 15.8. The molecule has 1 aromatic rings. The van der Waals surface area contributed by atoms with Crippen molar-refractivity contribution in [3.05, 3.63) is 35.4 Å². The number of hydrogen-bond donors (Lipinski definition) is 1. The van der Waals surface area contributed by atoms with Gasteiger partial charge in [-0.15, -0.1) is 0 Å². The molecule has 0 aliphatic heterocycles. The van der Waals surface area contributed by atoms with Crippen LogP contribution in [-0.2, 0) is 11.2 Å². The van der Waals surface area contributed by atoms with Gasteiger partial charge in [-0.25, -0.2) is 0 Å². The summed E-state index contributed by atoms with van der Waals surface area (Å²) in [7, 11) is 0. The lowest BCUT2D eigenvalue weighted by molar-refractivity contribution is -0.0111. The smallest absolute Gasteiger partial charge is 0.251 e. The standard InChI is InChI=1S/C20H33NO2/c1-15(2)14-16-8-10-17(11-9-16)18(22)21-20(6,7)12-13-23-19(3,4)5/h8-11,15H,12-14H2,1-7H3,(H,21,22). The molecule has 0 saturated heterocycles. The molecule has 0 radical (unpaired) electrons. The van der Waals surface area contributed by atoms with Gasteiger partial charge in [-0.3, -0.25) is 4.79 Å². The van der Waals surface area contributed by atoms with E-state index in [4.69, 9.17) is 4.74 Å². The Kier molecular flexibility index (Phi) is 6.82. The number of hydrogen-bond acceptors (Lipinski definition) is 2. The van der Waals surface area contributed by atoms with Crippen molar-refractivity contribution in [2.75, 3.05) is 6.61 Å². The Morgan fingerprint density at radius 1 is 1.09 bits per heavy atom. The molecule has 1 amide bonds. The average Bonchev–Trinajstić information content (AvgIpc) is 2.36. The second-order valence-corrected chi connectivity index (χ2v) is 8.34. The highest BCUT2D eigenvalue weighted by molar-refractivity contribution is 5.94. The monoisotopic (exact) mass is 319 g/mol. The van der Waals surface area contributed by atoms with Crippen LogP contribution in [0.25, 0.3) is 0 Å². The molecule has 0 aromatic heterocycles. The summed E-state index contributed by atoms with van der Waals surface area (Å²) < 4.78 is 5.75. The maximum absolute atomic E-state index is 12.4. The fraction of sp³-hybridized carbons (Fsp3) is 0.650. The van der Waals surface area contributed by atoms with E-state index in [1.54, 1.807) is 0 Å². The van der Waals surface area contributed by atoms with E-state index in [-0.39, 0.29) is 17.0 Å². The zero-order valence-corrected chi connectivity index (χ0v) is 15.8. The van der Waals surface area contributed by atoms with E-state index in [2.05, 4.69) is 19.2 Å². The molecule has 3 nitrogen and oxygen atoms in total. The maximum Gasteiger partial charge on any atom is 0.251 e. The molecule has 0 spiro atoms. The Labute approximate surface area is 141 Å². The Morgan fingerprint density at radius 3 is 2.13 bits per heavy atom. The minimum Gasteiger partial charge on any atom is -0.376 e. The van der Waals surface area contributed by atoms with E-state index in [9.17, 15) is 4.79 Å². The van der Waals surface area contributed by atoms with Gasteiger partial charge in [-0.1, -0.05) is 26.0 Å². The molecule has 0 aliphatic rings. The third-order valence-electron chi connectivity index (χ3n) is 3.57. The van der Waals surface area contributed by atoms with Crippen LogP contribution in [0.2, 0.25) is 0 Å². The third kappa shape index (κ3) is 8.17. The van der Waals surface area contributed by atoms with Crippen LogP contribution in [0.5, 0.6) is 0 Å². The Hall–Kier alpha value is -1.35. The summed E-state index contributed by atoms with van der Waals surface area (Å²) in [6.07, 6.45) is 1.82. The van der Waals surface area contributed by atoms with E-state index in [0.29, 0.717) is 18.1 Å². The van der Waals surface area contributed by atoms with Crippen LogP contribution in [0.4, 0.5) is 0 Å². The summed E-state index contributed by atoms with van der Waals surface area (Å²) in [4.78, 5) is 12.4. The summed E-state index contributed by atoms with van der Waals surface area (Å²) in [6, 6.07) is 7.92. The quantitative estimate of drug-likeness (QED) is 0.797. The summed E-state index contributed by atoms with van der Waals surface area (Å²) >= 11 is 0. The van der Waals surface area contributed by atoms with Gasteiger partial charge in [0.1, 0.15) is 0 Å². The molecule has 0 bridgehead atoms. The van der Waals surface area contributed by atoms with Gasteiger partial charge in [-0.05, 0) is 71.1 Å². The van der Waals surface area contributed by atoms with Gasteiger partial charge < -0.3 is 10.1 Å². The first-order chi connectivity index (χ1) is 10.5. The minimum absolute atomic E-state index is 0.0261. The number of carbonyl (C=O) groups excluding carboxylic acids is 1. The number of amides is 1. The predicted molar refractivity (Wildman–Crippen MR) is 96.9 cm³/mol. The molecule has 0 atom stereocenters. The van der Waals surface area contributed by atoms with Gasteiger partial charge in [-0.2, -0.15) is 0 Å². The molecule has 130 valence electrons. The van der Waals surface area contributed by atoms with Crippen molar-refractivity contribution < 1.29 is 9.53 Å². The molecule has 0 fully saturated rings. The van der Waals surface area contributed by atoms with E-state index in [0.717, 1.165) is 12.8 Å². The Morgan fingerprint density at radius 2 is 1.65 bits per heavy atom. The van der Waals surface area contributed by atoms with Crippen molar-refractivity contribution >= 4 is 5.91 Å². The number of rotatable bonds is 7. The van der Waals surface area contributed by atoms with Crippen LogP contribution in [0.15, 0.2) is 24.3 Å². The second kappa shape index (κ2) is 7.96. The second-order valence-electron chi connectivity index (χ2n) is 8.34. The number of benzene rings is 1. The summed E-state index contributed by atoms with van der Waals surface area (Å²) in [5.74, 6) is 0.596. The van der Waals surface area contributed by atoms with Gasteiger partial charge in [0.05, 0.1) is 5.60 Å². The summed E-state index contributed by atoms with van der Waals surface area (Å²) in [5, 5.41) is 3.10. The van der Waals surface area contributed by atoms with Gasteiger partial charge in [0, 0.05) is 17.7 Å². The molecule has 23 heavy (non-hydrogen) atoms. The van der Waals surface area contributed by atoms with Crippen molar-refractivity contribution in [2.45, 2.75) is 72.4 Å². The van der Waals surface area contributed by atoms with E-state index in [1.807, 2.05) is 58.9 Å². The fourth-order valence-electron chi connectivity index (χ4n) is 2.32. The molecule has 1 N–H and O–H groups in total. The lowest BCUT2D eigenvalue weighted by Crippen LogP contribution is -2.44. The highest BCUT2D eigenvalue weighted by Gasteiger charge is 2.22. The van der Waals surface area contributed by atoms with Crippen LogP contribution in [0.1, 0.15) is 70.8 Å². The van der Waals surface area contributed by atoms with Crippen molar-refractivity contribution in [1.82, 2.24) is 5.32 Å². The summed E-state index contributed by atoms with van der Waals surface area (Å²) in [6.45, 7) is 15.2. The van der Waals surface area contributed by atoms with Gasteiger partial charge in [0.15, 0.2) is 0 Å². The topological polar surface area (TPSA) is 38.3 Å². The van der Waals surface area contributed by atoms with Crippen molar-refractivity contribution in [3.8, 4) is 0 Å². The largest absolute Gasteiger partial charge is 0.376 e. The summed E-state index contributed by atoms with van der Waals surface area (Å²) in [5.41, 5.74) is 1.54. The fourth-order valence-corrected chi connectivity index (χ4v) is 2.32. The van der Waals surface area contributed by atoms with Crippen LogP contribution in [0.3, 0.4) is 0 Å². The first kappa shape index (κ1) is 19.7. The highest BCUT2D eigenvalue weighted by atomic mass is 16.5. The average molecular weight is 319 g/mol. The SMILES string of the molecule is CC(C)Cc1ccc(C(=O)NC(C)(C)CCOC(C)(C)C)cc1. The van der Waals surface area contributed by atoms with Gasteiger partial charge in [0.25, 0.3) is 5.91 Å². The predicted octanol–water partition coefficient (Wildman–Crippen LogP) is 4.60. The molecule has 0 aliphatic carbocycles. The molecule has 1 aromatic carbocycles. The molecule has 1 rings (SSSR count). The van der Waals surface area contributed by atoms with Crippen LogP contribution >= 0.6 is 0 Å². The number of nitrogens with one attached hydrogen (secondary N) is 1. The minimum atomic E-state index is -0.293. The molecule has 0 heterocycles. The van der Waals surface area contributed by atoms with Gasteiger partial charge in [0.2, 0.25) is 0 Å². The zero-order chi connectivity index (χ0) is 17.7. The Bertz CT molecular complexity index is 495. The molecule has 0 saturated carbocycles. The van der Waals surface area contributed by atoms with E-state index < -0.39 is 0 Å². The van der Waals surface area contributed by atoms with E-state index in [1.165, 1.54) is 5.56 Å². The first-order valence-electron chi connectivity index (χ1n) is 8.54. The molecule has 0 unspecified atom stereocenters.